The van der Waals surface area contributed by atoms with E-state index in [2.05, 4.69) is 12.0 Å². The van der Waals surface area contributed by atoms with Crippen molar-refractivity contribution in [1.29, 1.82) is 0 Å². The van der Waals surface area contributed by atoms with Crippen LogP contribution in [0.4, 0.5) is 0 Å². The van der Waals surface area contributed by atoms with Crippen LogP contribution in [-0.2, 0) is 0 Å². The van der Waals surface area contributed by atoms with E-state index in [0.29, 0.717) is 0 Å². The van der Waals surface area contributed by atoms with E-state index in [1.54, 1.807) is 6.20 Å². The summed E-state index contributed by atoms with van der Waals surface area (Å²) in [7, 11) is 3.65. The summed E-state index contributed by atoms with van der Waals surface area (Å²) in [6.45, 7) is 0.830. The molecule has 2 heteroatoms. The van der Waals surface area contributed by atoms with Gasteiger partial charge in [-0.05, 0) is 0 Å². The first-order valence-electron chi connectivity index (χ1n) is 2.15. The van der Waals surface area contributed by atoms with Crippen molar-refractivity contribution in [3.05, 3.63) is 19.4 Å². The van der Waals surface area contributed by atoms with Crippen LogP contribution in [0.5, 0.6) is 0 Å². The summed E-state index contributed by atoms with van der Waals surface area (Å²) in [6, 6.07) is 0. The average molecular weight is 95.1 g/mol. The van der Waals surface area contributed by atoms with Gasteiger partial charge in [-0.25, -0.2) is 0 Å². The first-order valence-corrected chi connectivity index (χ1v) is 2.15. The van der Waals surface area contributed by atoms with E-state index in [4.69, 9.17) is 0 Å². The minimum atomic E-state index is 0.830. The second-order valence-electron chi connectivity index (χ2n) is 1.40. The second kappa shape index (κ2) is 1.78. The molecule has 0 fully saturated rings. The van der Waals surface area contributed by atoms with Crippen molar-refractivity contribution in [2.45, 2.75) is 0 Å². The van der Waals surface area contributed by atoms with Crippen LogP contribution >= 0.6 is 0 Å². The van der Waals surface area contributed by atoms with Gasteiger partial charge in [0.05, 0.1) is 6.54 Å². The van der Waals surface area contributed by atoms with Crippen molar-refractivity contribution in [2.75, 3.05) is 6.54 Å². The molecule has 7 heavy (non-hydrogen) atoms. The average Bonchev–Trinajstić information content (AvgIpc) is 1.69. The molecule has 2 nitrogen and oxygen atoms in total. The maximum atomic E-state index is 3.84. The Hall–Kier alpha value is -0.790. The highest BCUT2D eigenvalue weighted by Gasteiger charge is 1.87. The highest BCUT2D eigenvalue weighted by molar-refractivity contribution is 5.61. The fourth-order valence-electron chi connectivity index (χ4n) is 0.407. The predicted octanol–water partition coefficient (Wildman–Crippen LogP) is 0.636. The molecule has 0 saturated heterocycles. The van der Waals surface area contributed by atoms with Crippen LogP contribution in [0.2, 0.25) is 0 Å². The van der Waals surface area contributed by atoms with Gasteiger partial charge in [-0.1, -0.05) is 0 Å². The van der Waals surface area contributed by atoms with Gasteiger partial charge >= 0.3 is 0 Å². The first-order chi connectivity index (χ1) is 3.39. The van der Waals surface area contributed by atoms with Gasteiger partial charge < -0.3 is 4.90 Å². The summed E-state index contributed by atoms with van der Waals surface area (Å²) in [5.41, 5.74) is 0. The minimum Gasteiger partial charge on any atom is -0.369 e. The fraction of sp³-hybridized carbons (Fsp3) is 0.200. The van der Waals surface area contributed by atoms with Gasteiger partial charge in [0.15, 0.2) is 0 Å². The topological polar surface area (TPSA) is 15.6 Å². The minimum absolute atomic E-state index is 0.830. The molecule has 37 valence electrons. The SMILES string of the molecule is [CH2]N1C=CN=CC1. The van der Waals surface area contributed by atoms with Crippen LogP contribution in [0.25, 0.3) is 0 Å². The third kappa shape index (κ3) is 1.03. The van der Waals surface area contributed by atoms with Crippen LogP contribution in [-0.4, -0.2) is 17.7 Å². The number of hydrogen-bond acceptors (Lipinski definition) is 2. The van der Waals surface area contributed by atoms with E-state index in [9.17, 15) is 0 Å². The molecule has 1 rings (SSSR count). The molecular formula is C5H7N2. The monoisotopic (exact) mass is 95.1 g/mol. The van der Waals surface area contributed by atoms with Crippen molar-refractivity contribution in [3.63, 3.8) is 0 Å². The normalized spacial score (nSPS) is 18.1. The van der Waals surface area contributed by atoms with Crippen LogP contribution < -0.4 is 0 Å². The summed E-state index contributed by atoms with van der Waals surface area (Å²) in [4.78, 5) is 5.65. The zero-order chi connectivity index (χ0) is 5.11. The zero-order valence-corrected chi connectivity index (χ0v) is 4.04. The standard InChI is InChI=1S/C5H7N2/c1-7-4-2-6-3-5-7/h2-4H,1,5H2. The molecule has 0 amide bonds. The molecule has 0 aromatic rings. The van der Waals surface area contributed by atoms with Crippen molar-refractivity contribution in [3.8, 4) is 0 Å². The lowest BCUT2D eigenvalue weighted by molar-refractivity contribution is 0.573. The summed E-state index contributed by atoms with van der Waals surface area (Å²) >= 11 is 0. The van der Waals surface area contributed by atoms with Crippen LogP contribution in [0, 0.1) is 7.05 Å². The highest BCUT2D eigenvalue weighted by Crippen LogP contribution is 1.89. The lowest BCUT2D eigenvalue weighted by atomic mass is 10.6. The predicted molar refractivity (Wildman–Crippen MR) is 29.7 cm³/mol. The summed E-state index contributed by atoms with van der Waals surface area (Å²) in [6.07, 6.45) is 5.36. The molecule has 0 spiro atoms. The second-order valence-corrected chi connectivity index (χ2v) is 1.40. The fourth-order valence-corrected chi connectivity index (χ4v) is 0.407. The van der Waals surface area contributed by atoms with Crippen molar-refractivity contribution >= 4 is 6.21 Å². The van der Waals surface area contributed by atoms with Crippen molar-refractivity contribution in [2.24, 2.45) is 4.99 Å². The number of nitrogens with zero attached hydrogens (tertiary/aromatic N) is 2. The van der Waals surface area contributed by atoms with Gasteiger partial charge in [-0.15, -0.1) is 0 Å². The van der Waals surface area contributed by atoms with Crippen LogP contribution in [0.15, 0.2) is 17.4 Å². The Morgan fingerprint density at radius 2 is 2.57 bits per heavy atom. The van der Waals surface area contributed by atoms with Gasteiger partial charge in [0.1, 0.15) is 0 Å². The maximum Gasteiger partial charge on any atom is 0.0528 e. The smallest absolute Gasteiger partial charge is 0.0528 e. The van der Waals surface area contributed by atoms with E-state index in [1.807, 2.05) is 17.3 Å². The largest absolute Gasteiger partial charge is 0.369 e. The quantitative estimate of drug-likeness (QED) is 0.431. The van der Waals surface area contributed by atoms with Crippen molar-refractivity contribution < 1.29 is 0 Å². The Kier molecular flexibility index (Phi) is 1.11. The van der Waals surface area contributed by atoms with E-state index in [0.717, 1.165) is 6.54 Å². The molecule has 1 radical (unpaired) electrons. The van der Waals surface area contributed by atoms with Gasteiger partial charge in [-0.2, -0.15) is 0 Å². The Labute approximate surface area is 43.2 Å². The number of aliphatic imine (C=N–C) groups is 1. The maximum absolute atomic E-state index is 3.84. The molecule has 0 aromatic heterocycles. The molecule has 0 aliphatic carbocycles. The highest BCUT2D eigenvalue weighted by atomic mass is 15.1. The van der Waals surface area contributed by atoms with Crippen LogP contribution in [0.1, 0.15) is 0 Å². The Balaban J connectivity index is 2.49. The summed E-state index contributed by atoms with van der Waals surface area (Å²) < 4.78 is 0. The van der Waals surface area contributed by atoms with Crippen LogP contribution in [0.3, 0.4) is 0 Å². The molecule has 0 N–H and O–H groups in total. The van der Waals surface area contributed by atoms with E-state index in [1.165, 1.54) is 0 Å². The molecular weight excluding hydrogens is 88.1 g/mol. The Morgan fingerprint density at radius 1 is 1.71 bits per heavy atom. The zero-order valence-electron chi connectivity index (χ0n) is 4.04. The van der Waals surface area contributed by atoms with E-state index in [-0.39, 0.29) is 0 Å². The number of hydrogen-bond donors (Lipinski definition) is 0. The van der Waals surface area contributed by atoms with E-state index >= 15 is 0 Å². The molecule has 0 atom stereocenters. The molecule has 1 aliphatic heterocycles. The third-order valence-corrected chi connectivity index (χ3v) is 0.785. The molecule has 1 aliphatic rings. The summed E-state index contributed by atoms with van der Waals surface area (Å²) in [5.74, 6) is 0. The van der Waals surface area contributed by atoms with Gasteiger partial charge in [0.2, 0.25) is 0 Å². The molecule has 0 bridgehead atoms. The number of rotatable bonds is 0. The van der Waals surface area contributed by atoms with Gasteiger partial charge in [0.25, 0.3) is 0 Å². The lowest BCUT2D eigenvalue weighted by Gasteiger charge is -2.10. The Bertz CT molecular complexity index is 105. The summed E-state index contributed by atoms with van der Waals surface area (Å²) in [5, 5.41) is 0. The molecule has 1 heterocycles. The van der Waals surface area contributed by atoms with Crippen molar-refractivity contribution in [1.82, 2.24) is 4.90 Å². The lowest BCUT2D eigenvalue weighted by Crippen LogP contribution is -2.12. The molecule has 0 saturated carbocycles. The molecule has 0 aromatic carbocycles. The molecule has 0 unspecified atom stereocenters. The Morgan fingerprint density at radius 3 is 2.86 bits per heavy atom. The first kappa shape index (κ1) is 4.37. The van der Waals surface area contributed by atoms with Gasteiger partial charge in [0, 0.05) is 25.7 Å². The van der Waals surface area contributed by atoms with E-state index < -0.39 is 0 Å². The third-order valence-electron chi connectivity index (χ3n) is 0.785. The van der Waals surface area contributed by atoms with Gasteiger partial charge in [-0.3, -0.25) is 4.99 Å².